The first-order valence-electron chi connectivity index (χ1n) is 4.85. The number of benzene rings is 1. The highest BCUT2D eigenvalue weighted by Gasteiger charge is 2.08. The van der Waals surface area contributed by atoms with Crippen LogP contribution < -0.4 is 0 Å². The summed E-state index contributed by atoms with van der Waals surface area (Å²) in [6, 6.07) is 5.39. The fourth-order valence-corrected chi connectivity index (χ4v) is 1.74. The minimum Gasteiger partial charge on any atom is -0.392 e. The Kier molecular flexibility index (Phi) is 3.98. The maximum absolute atomic E-state index is 9.14. The van der Waals surface area contributed by atoms with Gasteiger partial charge in [-0.1, -0.05) is 43.2 Å². The van der Waals surface area contributed by atoms with E-state index in [1.54, 1.807) is 12.1 Å². The number of halogens is 1. The van der Waals surface area contributed by atoms with Crippen LogP contribution in [0.3, 0.4) is 0 Å². The van der Waals surface area contributed by atoms with Crippen LogP contribution >= 0.6 is 11.6 Å². The fourth-order valence-electron chi connectivity index (χ4n) is 1.06. The molecule has 15 heavy (non-hydrogen) atoms. The van der Waals surface area contributed by atoms with Gasteiger partial charge in [0.15, 0.2) is 0 Å². The lowest BCUT2D eigenvalue weighted by molar-refractivity contribution is 0.281. The lowest BCUT2D eigenvalue weighted by Gasteiger charge is -2.05. The van der Waals surface area contributed by atoms with Gasteiger partial charge in [0.25, 0.3) is 0 Å². The molecule has 1 aromatic rings. The van der Waals surface area contributed by atoms with Crippen molar-refractivity contribution in [3.05, 3.63) is 34.3 Å². The van der Waals surface area contributed by atoms with E-state index in [2.05, 4.69) is 31.1 Å². The summed E-state index contributed by atoms with van der Waals surface area (Å²) in [4.78, 5) is 0. The Hall–Kier alpha value is -0.753. The van der Waals surface area contributed by atoms with E-state index in [9.17, 15) is 0 Å². The monoisotopic (exact) mass is 238 g/mol. The maximum atomic E-state index is 9.14. The van der Waals surface area contributed by atoms with Crippen molar-refractivity contribution >= 4 is 19.7 Å². The van der Waals surface area contributed by atoms with Gasteiger partial charge in [-0.2, -0.15) is 0 Å². The fraction of sp³-hybridized carbons (Fsp3) is 0.333. The molecule has 0 aliphatic heterocycles. The van der Waals surface area contributed by atoms with Gasteiger partial charge in [-0.05, 0) is 17.7 Å². The molecule has 0 unspecified atom stereocenters. The summed E-state index contributed by atoms with van der Waals surface area (Å²) in [5.74, 6) is 3.11. The molecule has 0 radical (unpaired) electrons. The Balaban J connectivity index is 3.11. The first-order chi connectivity index (χ1) is 6.92. The molecule has 1 nitrogen and oxygen atoms in total. The highest BCUT2D eigenvalue weighted by molar-refractivity contribution is 6.83. The second kappa shape index (κ2) is 4.85. The third kappa shape index (κ3) is 4.09. The molecule has 0 atom stereocenters. The third-order valence-corrected chi connectivity index (χ3v) is 2.92. The van der Waals surface area contributed by atoms with Gasteiger partial charge in [0.05, 0.1) is 6.61 Å². The van der Waals surface area contributed by atoms with Crippen molar-refractivity contribution < 1.29 is 5.11 Å². The van der Waals surface area contributed by atoms with Gasteiger partial charge in [-0.15, -0.1) is 5.54 Å². The van der Waals surface area contributed by atoms with Crippen LogP contribution in [0.2, 0.25) is 24.7 Å². The molecule has 0 saturated carbocycles. The van der Waals surface area contributed by atoms with Crippen LogP contribution in [0.25, 0.3) is 0 Å². The Morgan fingerprint density at radius 1 is 1.33 bits per heavy atom. The molecular formula is C12H15ClOSi. The maximum Gasteiger partial charge on any atom is 0.129 e. The number of rotatable bonds is 1. The van der Waals surface area contributed by atoms with Gasteiger partial charge < -0.3 is 5.11 Å². The molecule has 1 rings (SSSR count). The van der Waals surface area contributed by atoms with Crippen LogP contribution in [0.1, 0.15) is 11.1 Å². The molecule has 0 heterocycles. The third-order valence-electron chi connectivity index (χ3n) is 1.81. The molecular weight excluding hydrogens is 224 g/mol. The van der Waals surface area contributed by atoms with E-state index in [4.69, 9.17) is 16.7 Å². The predicted octanol–water partition coefficient (Wildman–Crippen LogP) is 3.06. The van der Waals surface area contributed by atoms with E-state index >= 15 is 0 Å². The van der Waals surface area contributed by atoms with Crippen molar-refractivity contribution in [1.29, 1.82) is 0 Å². The SMILES string of the molecule is C[Si](C)(C)C#Cc1cc(Cl)ccc1CO. The highest BCUT2D eigenvalue weighted by atomic mass is 35.5. The summed E-state index contributed by atoms with van der Waals surface area (Å²) in [6.07, 6.45) is 0. The highest BCUT2D eigenvalue weighted by Crippen LogP contribution is 2.15. The topological polar surface area (TPSA) is 20.2 Å². The minimum atomic E-state index is -1.38. The van der Waals surface area contributed by atoms with E-state index < -0.39 is 8.07 Å². The predicted molar refractivity (Wildman–Crippen MR) is 67.6 cm³/mol. The summed E-state index contributed by atoms with van der Waals surface area (Å²) in [6.45, 7) is 6.56. The Morgan fingerprint density at radius 2 is 2.00 bits per heavy atom. The van der Waals surface area contributed by atoms with E-state index in [1.807, 2.05) is 6.07 Å². The average molecular weight is 239 g/mol. The summed E-state index contributed by atoms with van der Waals surface area (Å²) in [7, 11) is -1.38. The van der Waals surface area contributed by atoms with Gasteiger partial charge in [0.2, 0.25) is 0 Å². The molecule has 0 saturated heterocycles. The summed E-state index contributed by atoms with van der Waals surface area (Å²) >= 11 is 5.89. The number of hydrogen-bond acceptors (Lipinski definition) is 1. The van der Waals surface area contributed by atoms with Crippen LogP contribution in [0.4, 0.5) is 0 Å². The molecule has 0 aliphatic carbocycles. The van der Waals surface area contributed by atoms with E-state index in [0.717, 1.165) is 11.1 Å². The lowest BCUT2D eigenvalue weighted by atomic mass is 10.1. The molecule has 0 bridgehead atoms. The molecule has 3 heteroatoms. The van der Waals surface area contributed by atoms with Gasteiger partial charge in [0.1, 0.15) is 8.07 Å². The average Bonchev–Trinajstić information content (AvgIpc) is 2.14. The molecule has 0 aliphatic rings. The van der Waals surface area contributed by atoms with Crippen LogP contribution in [-0.4, -0.2) is 13.2 Å². The van der Waals surface area contributed by atoms with Crippen molar-refractivity contribution in [3.8, 4) is 11.5 Å². The Morgan fingerprint density at radius 3 is 2.53 bits per heavy atom. The first kappa shape index (κ1) is 12.3. The second-order valence-electron chi connectivity index (χ2n) is 4.46. The number of aliphatic hydroxyl groups excluding tert-OH is 1. The van der Waals surface area contributed by atoms with Crippen molar-refractivity contribution in [2.75, 3.05) is 0 Å². The zero-order valence-corrected chi connectivity index (χ0v) is 11.0. The lowest BCUT2D eigenvalue weighted by Crippen LogP contribution is -2.16. The summed E-state index contributed by atoms with van der Waals surface area (Å²) in [5, 5.41) is 9.80. The smallest absolute Gasteiger partial charge is 0.129 e. The zero-order chi connectivity index (χ0) is 11.5. The standard InChI is InChI=1S/C12H15ClOSi/c1-15(2,3)7-6-10-8-12(13)5-4-11(10)9-14/h4-5,8,14H,9H2,1-3H3. The molecule has 0 aromatic heterocycles. The largest absolute Gasteiger partial charge is 0.392 e. The van der Waals surface area contributed by atoms with Crippen LogP contribution in [0, 0.1) is 11.5 Å². The van der Waals surface area contributed by atoms with Crippen LogP contribution in [-0.2, 0) is 6.61 Å². The van der Waals surface area contributed by atoms with Crippen molar-refractivity contribution in [3.63, 3.8) is 0 Å². The van der Waals surface area contributed by atoms with E-state index in [1.165, 1.54) is 0 Å². The quantitative estimate of drug-likeness (QED) is 0.589. The molecule has 0 spiro atoms. The normalized spacial score (nSPS) is 10.7. The van der Waals surface area contributed by atoms with Crippen molar-refractivity contribution in [2.45, 2.75) is 26.2 Å². The van der Waals surface area contributed by atoms with Gasteiger partial charge in [-0.3, -0.25) is 0 Å². The molecule has 80 valence electrons. The first-order valence-corrected chi connectivity index (χ1v) is 8.72. The van der Waals surface area contributed by atoms with Gasteiger partial charge >= 0.3 is 0 Å². The number of hydrogen-bond donors (Lipinski definition) is 1. The molecule has 1 aromatic carbocycles. The van der Waals surface area contributed by atoms with Crippen LogP contribution in [0.5, 0.6) is 0 Å². The number of aliphatic hydroxyl groups is 1. The molecule has 0 amide bonds. The van der Waals surface area contributed by atoms with Crippen LogP contribution in [0.15, 0.2) is 18.2 Å². The summed E-state index contributed by atoms with van der Waals surface area (Å²) in [5.41, 5.74) is 4.94. The second-order valence-corrected chi connectivity index (χ2v) is 9.65. The Bertz CT molecular complexity index is 410. The van der Waals surface area contributed by atoms with E-state index in [0.29, 0.717) is 5.02 Å². The van der Waals surface area contributed by atoms with Gasteiger partial charge in [-0.25, -0.2) is 0 Å². The van der Waals surface area contributed by atoms with Crippen molar-refractivity contribution in [1.82, 2.24) is 0 Å². The minimum absolute atomic E-state index is 0.00683. The Labute approximate surface area is 97.1 Å². The van der Waals surface area contributed by atoms with Crippen molar-refractivity contribution in [2.24, 2.45) is 0 Å². The molecule has 1 N–H and O–H groups in total. The van der Waals surface area contributed by atoms with E-state index in [-0.39, 0.29) is 6.61 Å². The van der Waals surface area contributed by atoms with Gasteiger partial charge in [0, 0.05) is 10.6 Å². The summed E-state index contributed by atoms with van der Waals surface area (Å²) < 4.78 is 0. The molecule has 0 fully saturated rings. The zero-order valence-electron chi connectivity index (χ0n) is 9.26.